The number of carbonyl (C=O) groups excluding carboxylic acids is 1. The summed E-state index contributed by atoms with van der Waals surface area (Å²) in [6, 6.07) is 0. The van der Waals surface area contributed by atoms with Gasteiger partial charge >= 0.3 is 5.97 Å². The van der Waals surface area contributed by atoms with E-state index in [1.54, 1.807) is 0 Å². The van der Waals surface area contributed by atoms with Crippen LogP contribution in [0.25, 0.3) is 0 Å². The largest absolute Gasteiger partial charge is 0.463 e. The second-order valence-corrected chi connectivity index (χ2v) is 9.31. The van der Waals surface area contributed by atoms with E-state index >= 15 is 0 Å². The van der Waals surface area contributed by atoms with Crippen LogP contribution in [0.5, 0.6) is 0 Å². The van der Waals surface area contributed by atoms with E-state index in [2.05, 4.69) is 31.1 Å². The van der Waals surface area contributed by atoms with Crippen molar-refractivity contribution in [1.82, 2.24) is 0 Å². The fourth-order valence-electron chi connectivity index (χ4n) is 1.19. The van der Waals surface area contributed by atoms with E-state index in [1.807, 2.05) is 0 Å². The van der Waals surface area contributed by atoms with E-state index in [1.165, 1.54) is 0 Å². The fourth-order valence-corrected chi connectivity index (χ4v) is 1.83. The summed E-state index contributed by atoms with van der Waals surface area (Å²) in [7, 11) is -1.37. The Morgan fingerprint density at radius 2 is 2.21 bits per heavy atom. The molecule has 0 aromatic rings. The summed E-state index contributed by atoms with van der Waals surface area (Å²) in [6.07, 6.45) is -0.247. The molecular formula is C10H16O3Si. The van der Waals surface area contributed by atoms with Gasteiger partial charge in [0, 0.05) is 6.42 Å². The average Bonchev–Trinajstić information content (AvgIpc) is 2.33. The molecule has 0 radical (unpaired) electrons. The third-order valence-corrected chi connectivity index (χ3v) is 2.88. The molecule has 1 N–H and O–H groups in total. The van der Waals surface area contributed by atoms with Crippen molar-refractivity contribution in [3.63, 3.8) is 0 Å². The molecule has 0 aromatic carbocycles. The monoisotopic (exact) mass is 212 g/mol. The molecule has 0 unspecified atom stereocenters. The van der Waals surface area contributed by atoms with Crippen LogP contribution in [-0.2, 0) is 9.53 Å². The van der Waals surface area contributed by atoms with Crippen LogP contribution < -0.4 is 0 Å². The molecule has 1 heterocycles. The van der Waals surface area contributed by atoms with Crippen LogP contribution in [0.2, 0.25) is 19.6 Å². The highest BCUT2D eigenvalue weighted by Crippen LogP contribution is 2.18. The quantitative estimate of drug-likeness (QED) is 0.397. The van der Waals surface area contributed by atoms with Gasteiger partial charge in [-0.05, 0) is 0 Å². The molecule has 0 aliphatic carbocycles. The van der Waals surface area contributed by atoms with Gasteiger partial charge in [-0.3, -0.25) is 4.79 Å². The van der Waals surface area contributed by atoms with Crippen molar-refractivity contribution in [2.75, 3.05) is 6.61 Å². The first-order chi connectivity index (χ1) is 6.40. The van der Waals surface area contributed by atoms with Gasteiger partial charge in [-0.25, -0.2) is 0 Å². The number of rotatable bonds is 1. The Kier molecular flexibility index (Phi) is 3.35. The maximum atomic E-state index is 11.1. The molecule has 1 fully saturated rings. The minimum atomic E-state index is -1.37. The molecule has 78 valence electrons. The van der Waals surface area contributed by atoms with Crippen LogP contribution in [0.4, 0.5) is 0 Å². The maximum absolute atomic E-state index is 11.1. The van der Waals surface area contributed by atoms with Gasteiger partial charge in [0.15, 0.2) is 0 Å². The zero-order valence-electron chi connectivity index (χ0n) is 8.83. The summed E-state index contributed by atoms with van der Waals surface area (Å²) < 4.78 is 4.72. The van der Waals surface area contributed by atoms with Gasteiger partial charge in [-0.2, -0.15) is 0 Å². The number of hydrogen-bond donors (Lipinski definition) is 1. The van der Waals surface area contributed by atoms with Crippen molar-refractivity contribution in [1.29, 1.82) is 0 Å². The van der Waals surface area contributed by atoms with Crippen LogP contribution >= 0.6 is 0 Å². The summed E-state index contributed by atoms with van der Waals surface area (Å²) >= 11 is 0. The van der Waals surface area contributed by atoms with E-state index in [4.69, 9.17) is 4.74 Å². The molecule has 0 saturated carbocycles. The molecular weight excluding hydrogens is 196 g/mol. The van der Waals surface area contributed by atoms with E-state index < -0.39 is 20.1 Å². The first kappa shape index (κ1) is 11.3. The lowest BCUT2D eigenvalue weighted by Crippen LogP contribution is -2.21. The van der Waals surface area contributed by atoms with E-state index in [-0.39, 0.29) is 12.6 Å². The van der Waals surface area contributed by atoms with Crippen LogP contribution in [0.3, 0.4) is 0 Å². The highest BCUT2D eigenvalue weighted by atomic mass is 28.3. The number of aliphatic hydroxyl groups is 1. The second-order valence-electron chi connectivity index (χ2n) is 4.56. The summed E-state index contributed by atoms with van der Waals surface area (Å²) in [5.74, 6) is 2.23. The van der Waals surface area contributed by atoms with Gasteiger partial charge in [-0.1, -0.05) is 19.6 Å². The normalized spacial score (nSPS) is 26.7. The molecule has 0 aromatic heterocycles. The predicted octanol–water partition coefficient (Wildman–Crippen LogP) is 0.791. The van der Waals surface area contributed by atoms with Crippen molar-refractivity contribution in [3.8, 4) is 11.5 Å². The zero-order chi connectivity index (χ0) is 10.8. The average molecular weight is 212 g/mol. The molecule has 0 spiro atoms. The molecule has 2 atom stereocenters. The van der Waals surface area contributed by atoms with E-state index in [0.29, 0.717) is 6.42 Å². The molecule has 1 aliphatic rings. The Morgan fingerprint density at radius 1 is 1.57 bits per heavy atom. The zero-order valence-corrected chi connectivity index (χ0v) is 9.83. The predicted molar refractivity (Wildman–Crippen MR) is 56.2 cm³/mol. The fraction of sp³-hybridized carbons (Fsp3) is 0.700. The maximum Gasteiger partial charge on any atom is 0.312 e. The Bertz CT molecular complexity index is 282. The number of hydrogen-bond acceptors (Lipinski definition) is 3. The van der Waals surface area contributed by atoms with Gasteiger partial charge in [0.05, 0.1) is 5.92 Å². The van der Waals surface area contributed by atoms with Crippen molar-refractivity contribution in [2.24, 2.45) is 5.92 Å². The minimum Gasteiger partial charge on any atom is -0.463 e. The first-order valence-corrected chi connectivity index (χ1v) is 8.25. The second kappa shape index (κ2) is 4.16. The van der Waals surface area contributed by atoms with Crippen molar-refractivity contribution in [3.05, 3.63) is 0 Å². The Hall–Kier alpha value is -0.793. The molecule has 1 aliphatic heterocycles. The van der Waals surface area contributed by atoms with Crippen LogP contribution in [0, 0.1) is 17.4 Å². The number of cyclic esters (lactones) is 1. The highest BCUT2D eigenvalue weighted by Gasteiger charge is 2.34. The van der Waals surface area contributed by atoms with E-state index in [9.17, 15) is 9.90 Å². The third kappa shape index (κ3) is 3.16. The summed E-state index contributed by atoms with van der Waals surface area (Å²) in [5, 5.41) is 9.39. The first-order valence-electron chi connectivity index (χ1n) is 4.75. The standard InChI is InChI=1S/C10H16O3Si/c1-14(2,3)6-4-5-8-9(11)7-13-10(8)12/h8-9,11H,5,7H2,1-3H3/t8-,9-/m0/s1. The molecule has 1 rings (SSSR count). The Labute approximate surface area is 85.5 Å². The van der Waals surface area contributed by atoms with Crippen molar-refractivity contribution < 1.29 is 14.6 Å². The smallest absolute Gasteiger partial charge is 0.312 e. The molecule has 14 heavy (non-hydrogen) atoms. The van der Waals surface area contributed by atoms with Crippen LogP contribution in [-0.4, -0.2) is 31.9 Å². The van der Waals surface area contributed by atoms with Gasteiger partial charge in [0.25, 0.3) is 0 Å². The third-order valence-electron chi connectivity index (χ3n) is 1.95. The molecule has 0 amide bonds. The topological polar surface area (TPSA) is 46.5 Å². The molecule has 1 saturated heterocycles. The lowest BCUT2D eigenvalue weighted by Gasteiger charge is -2.06. The highest BCUT2D eigenvalue weighted by molar-refractivity contribution is 6.83. The number of ether oxygens (including phenoxy) is 1. The summed E-state index contributed by atoms with van der Waals surface area (Å²) in [5.41, 5.74) is 3.16. The van der Waals surface area contributed by atoms with Crippen molar-refractivity contribution >= 4 is 14.0 Å². The number of aliphatic hydroxyl groups excluding tert-OH is 1. The molecule has 0 bridgehead atoms. The Balaban J connectivity index is 2.51. The lowest BCUT2D eigenvalue weighted by molar-refractivity contribution is -0.141. The summed E-state index contributed by atoms with van der Waals surface area (Å²) in [6.45, 7) is 6.55. The molecule has 4 heteroatoms. The molecule has 3 nitrogen and oxygen atoms in total. The van der Waals surface area contributed by atoms with Gasteiger partial charge in [0.2, 0.25) is 0 Å². The van der Waals surface area contributed by atoms with Crippen molar-refractivity contribution in [2.45, 2.75) is 32.2 Å². The number of esters is 1. The SMILES string of the molecule is C[Si](C)(C)C#CC[C@@H]1C(=O)OC[C@@H]1O. The van der Waals surface area contributed by atoms with Gasteiger partial charge in [-0.15, -0.1) is 11.5 Å². The minimum absolute atomic E-state index is 0.123. The van der Waals surface area contributed by atoms with E-state index in [0.717, 1.165) is 0 Å². The summed E-state index contributed by atoms with van der Waals surface area (Å²) in [4.78, 5) is 11.1. The van der Waals surface area contributed by atoms with Crippen LogP contribution in [0.1, 0.15) is 6.42 Å². The number of carbonyl (C=O) groups is 1. The lowest BCUT2D eigenvalue weighted by atomic mass is 10.0. The van der Waals surface area contributed by atoms with Gasteiger partial charge in [0.1, 0.15) is 20.8 Å². The van der Waals surface area contributed by atoms with Gasteiger partial charge < -0.3 is 9.84 Å². The van der Waals surface area contributed by atoms with Crippen LogP contribution in [0.15, 0.2) is 0 Å². The Morgan fingerprint density at radius 3 is 2.64 bits per heavy atom.